The van der Waals surface area contributed by atoms with Crippen LogP contribution >= 0.6 is 12.2 Å². The van der Waals surface area contributed by atoms with Crippen molar-refractivity contribution in [3.8, 4) is 0 Å². The first-order chi connectivity index (χ1) is 16.4. The number of carbonyl (C=O) groups is 4. The Kier molecular flexibility index (Phi) is 8.69. The van der Waals surface area contributed by atoms with Crippen LogP contribution < -0.4 is 10.6 Å². The summed E-state index contributed by atoms with van der Waals surface area (Å²) in [6.07, 6.45) is 0.348. The number of nitrogens with one attached hydrogen (secondary N) is 2. The van der Waals surface area contributed by atoms with Crippen molar-refractivity contribution in [2.45, 2.75) is 18.9 Å². The summed E-state index contributed by atoms with van der Waals surface area (Å²) in [6, 6.07) is 14.7. The highest BCUT2D eigenvalue weighted by atomic mass is 32.1. The number of nitrogens with zero attached hydrogens (tertiary/aromatic N) is 1. The van der Waals surface area contributed by atoms with Gasteiger partial charge in [0.05, 0.1) is 25.7 Å². The summed E-state index contributed by atoms with van der Waals surface area (Å²) < 4.78 is 9.97. The van der Waals surface area contributed by atoms with E-state index in [1.807, 2.05) is 30.3 Å². The van der Waals surface area contributed by atoms with E-state index in [9.17, 15) is 19.2 Å². The molecule has 0 aromatic heterocycles. The number of hydrogen-bond donors (Lipinski definition) is 2. The highest BCUT2D eigenvalue weighted by Crippen LogP contribution is 2.12. The Labute approximate surface area is 202 Å². The van der Waals surface area contributed by atoms with Crippen LogP contribution in [0.1, 0.15) is 32.7 Å². The molecular weight excluding hydrogens is 458 g/mol. The molecule has 2 aromatic rings. The minimum Gasteiger partial charge on any atom is -0.465 e. The average molecular weight is 484 g/mol. The number of benzene rings is 2. The second-order valence-corrected chi connectivity index (χ2v) is 7.88. The Bertz CT molecular complexity index is 1080. The smallest absolute Gasteiger partial charge is 0.337 e. The highest BCUT2D eigenvalue weighted by molar-refractivity contribution is 7.80. The lowest BCUT2D eigenvalue weighted by Gasteiger charge is -2.36. The van der Waals surface area contributed by atoms with Crippen molar-refractivity contribution in [3.05, 3.63) is 71.3 Å². The number of esters is 2. The molecule has 34 heavy (non-hydrogen) atoms. The molecule has 0 bridgehead atoms. The Morgan fingerprint density at radius 3 is 2.59 bits per heavy atom. The zero-order valence-electron chi connectivity index (χ0n) is 18.6. The van der Waals surface area contributed by atoms with Crippen LogP contribution in [0.4, 0.5) is 0 Å². The van der Waals surface area contributed by atoms with Crippen molar-refractivity contribution in [1.29, 1.82) is 0 Å². The van der Waals surface area contributed by atoms with Gasteiger partial charge in [-0.1, -0.05) is 36.4 Å². The third-order valence-electron chi connectivity index (χ3n) is 5.21. The molecule has 0 spiro atoms. The molecule has 0 aliphatic carbocycles. The molecule has 0 radical (unpaired) electrons. The van der Waals surface area contributed by atoms with Crippen LogP contribution in [-0.4, -0.2) is 66.6 Å². The van der Waals surface area contributed by atoms with Crippen LogP contribution in [0.5, 0.6) is 0 Å². The molecule has 1 atom stereocenters. The maximum absolute atomic E-state index is 12.7. The molecule has 3 rings (SSSR count). The number of ether oxygens (including phenoxy) is 2. The summed E-state index contributed by atoms with van der Waals surface area (Å²) in [5.74, 6) is -2.04. The van der Waals surface area contributed by atoms with Crippen LogP contribution in [-0.2, 0) is 25.5 Å². The van der Waals surface area contributed by atoms with Gasteiger partial charge in [0.25, 0.3) is 5.91 Å². The van der Waals surface area contributed by atoms with E-state index in [1.165, 1.54) is 30.2 Å². The van der Waals surface area contributed by atoms with Crippen molar-refractivity contribution in [1.82, 2.24) is 15.5 Å². The first kappa shape index (κ1) is 24.8. The summed E-state index contributed by atoms with van der Waals surface area (Å²) in [5.41, 5.74) is 1.45. The van der Waals surface area contributed by atoms with Crippen LogP contribution in [0.3, 0.4) is 0 Å². The van der Waals surface area contributed by atoms with Crippen molar-refractivity contribution in [2.75, 3.05) is 26.8 Å². The summed E-state index contributed by atoms with van der Waals surface area (Å²) in [6.45, 7) is 0.816. The van der Waals surface area contributed by atoms with Crippen molar-refractivity contribution >= 4 is 41.1 Å². The number of hydrogen-bond acceptors (Lipinski definition) is 7. The first-order valence-corrected chi connectivity index (χ1v) is 11.1. The number of amides is 2. The summed E-state index contributed by atoms with van der Waals surface area (Å²) in [7, 11) is 1.25. The van der Waals surface area contributed by atoms with Gasteiger partial charge in [-0.05, 0) is 36.0 Å². The van der Waals surface area contributed by atoms with E-state index in [0.717, 1.165) is 5.56 Å². The molecule has 10 heteroatoms. The van der Waals surface area contributed by atoms with Gasteiger partial charge in [-0.2, -0.15) is 0 Å². The summed E-state index contributed by atoms with van der Waals surface area (Å²) in [4.78, 5) is 50.7. The normalized spacial score (nSPS) is 15.1. The van der Waals surface area contributed by atoms with Gasteiger partial charge in [0, 0.05) is 25.1 Å². The van der Waals surface area contributed by atoms with E-state index in [1.54, 1.807) is 6.07 Å². The molecule has 2 amide bonds. The fourth-order valence-corrected chi connectivity index (χ4v) is 3.76. The maximum Gasteiger partial charge on any atom is 0.337 e. The highest BCUT2D eigenvalue weighted by Gasteiger charge is 2.34. The van der Waals surface area contributed by atoms with E-state index in [-0.39, 0.29) is 35.2 Å². The van der Waals surface area contributed by atoms with E-state index < -0.39 is 23.9 Å². The number of carbonyl (C=O) groups excluding carboxylic acids is 4. The molecule has 9 nitrogen and oxygen atoms in total. The van der Waals surface area contributed by atoms with E-state index >= 15 is 0 Å². The first-order valence-electron chi connectivity index (χ1n) is 10.7. The van der Waals surface area contributed by atoms with Gasteiger partial charge in [0.15, 0.2) is 5.11 Å². The fourth-order valence-electron chi connectivity index (χ4n) is 3.45. The van der Waals surface area contributed by atoms with Crippen molar-refractivity contribution in [2.24, 2.45) is 0 Å². The molecule has 1 aliphatic heterocycles. The Hall–Kier alpha value is -3.79. The Balaban J connectivity index is 1.59. The predicted octanol–water partition coefficient (Wildman–Crippen LogP) is 1.46. The van der Waals surface area contributed by atoms with Crippen LogP contribution in [0.15, 0.2) is 54.6 Å². The molecule has 178 valence electrons. The third kappa shape index (κ3) is 6.61. The van der Waals surface area contributed by atoms with Crippen LogP contribution in [0.25, 0.3) is 0 Å². The standard InChI is InChI=1S/C24H25N3O6S/c1-32-23(31)18-9-5-8-17(14-18)21(29)26-24(34)27-12-11-25-22(30)19(27)15-20(28)33-13-10-16-6-3-2-4-7-16/h2-9,14,19H,10-13,15H2,1H3,(H,25,30)(H,26,29,34). The lowest BCUT2D eigenvalue weighted by atomic mass is 10.1. The van der Waals surface area contributed by atoms with E-state index in [4.69, 9.17) is 17.0 Å². The second-order valence-electron chi connectivity index (χ2n) is 7.49. The van der Waals surface area contributed by atoms with Gasteiger partial charge in [-0.15, -0.1) is 0 Å². The second kappa shape index (κ2) is 11.9. The minimum atomic E-state index is -0.910. The summed E-state index contributed by atoms with van der Waals surface area (Å²) in [5, 5.41) is 5.28. The number of thiocarbonyl (C=S) groups is 1. The molecule has 2 aromatic carbocycles. The minimum absolute atomic E-state index is 0.00501. The number of piperazine rings is 1. The zero-order valence-corrected chi connectivity index (χ0v) is 19.4. The van der Waals surface area contributed by atoms with Gasteiger partial charge in [-0.25, -0.2) is 4.79 Å². The molecular formula is C24H25N3O6S. The molecule has 1 heterocycles. The van der Waals surface area contributed by atoms with Gasteiger partial charge >= 0.3 is 11.9 Å². The molecule has 1 unspecified atom stereocenters. The number of rotatable bonds is 7. The Morgan fingerprint density at radius 2 is 1.85 bits per heavy atom. The topological polar surface area (TPSA) is 114 Å². The lowest BCUT2D eigenvalue weighted by molar-refractivity contribution is -0.147. The zero-order chi connectivity index (χ0) is 24.5. The lowest BCUT2D eigenvalue weighted by Crippen LogP contribution is -2.60. The summed E-state index contributed by atoms with van der Waals surface area (Å²) >= 11 is 5.36. The average Bonchev–Trinajstić information content (AvgIpc) is 2.85. The monoisotopic (exact) mass is 483 g/mol. The SMILES string of the molecule is COC(=O)c1cccc(C(=O)NC(=S)N2CCNC(=O)C2CC(=O)OCCc2ccccc2)c1. The van der Waals surface area contributed by atoms with E-state index in [2.05, 4.69) is 15.4 Å². The predicted molar refractivity (Wildman–Crippen MR) is 127 cm³/mol. The largest absolute Gasteiger partial charge is 0.465 e. The fraction of sp³-hybridized carbons (Fsp3) is 0.292. The molecule has 1 aliphatic rings. The molecule has 0 saturated carbocycles. The maximum atomic E-state index is 12.7. The molecule has 1 saturated heterocycles. The quantitative estimate of drug-likeness (QED) is 0.450. The van der Waals surface area contributed by atoms with E-state index in [0.29, 0.717) is 19.5 Å². The van der Waals surface area contributed by atoms with Gasteiger partial charge in [0.1, 0.15) is 6.04 Å². The van der Waals surface area contributed by atoms with Crippen molar-refractivity contribution in [3.63, 3.8) is 0 Å². The third-order valence-corrected chi connectivity index (χ3v) is 5.55. The molecule has 2 N–H and O–H groups in total. The van der Waals surface area contributed by atoms with Gasteiger partial charge in [0.2, 0.25) is 5.91 Å². The van der Waals surface area contributed by atoms with Crippen LogP contribution in [0.2, 0.25) is 0 Å². The van der Waals surface area contributed by atoms with Crippen LogP contribution in [0, 0.1) is 0 Å². The van der Waals surface area contributed by atoms with Crippen molar-refractivity contribution < 1.29 is 28.7 Å². The van der Waals surface area contributed by atoms with Gasteiger partial charge in [-0.3, -0.25) is 19.7 Å². The molecule has 1 fully saturated rings. The Morgan fingerprint density at radius 1 is 1.12 bits per heavy atom. The van der Waals surface area contributed by atoms with Gasteiger partial charge < -0.3 is 19.7 Å². The number of methoxy groups -OCH3 is 1.